The standard InChI is InChI=1S/C21H24N4O/c1-5-25(18-8-6-7-15(2)13-18)20-14-16(3)22-21(24-20)23-17-9-11-19(26-4)12-10-17/h6-14H,5H2,1-4H3,(H,22,23,24). The van der Waals surface area contributed by atoms with Gasteiger partial charge in [-0.25, -0.2) is 4.98 Å². The lowest BCUT2D eigenvalue weighted by molar-refractivity contribution is 0.415. The van der Waals surface area contributed by atoms with Crippen molar-refractivity contribution in [3.63, 3.8) is 0 Å². The average molecular weight is 348 g/mol. The van der Waals surface area contributed by atoms with Crippen molar-refractivity contribution in [3.8, 4) is 5.75 Å². The van der Waals surface area contributed by atoms with Crippen LogP contribution in [0.25, 0.3) is 0 Å². The van der Waals surface area contributed by atoms with Crippen LogP contribution in [0.5, 0.6) is 5.75 Å². The number of anilines is 4. The lowest BCUT2D eigenvalue weighted by Crippen LogP contribution is -2.18. The van der Waals surface area contributed by atoms with Gasteiger partial charge in [0, 0.05) is 29.7 Å². The second kappa shape index (κ2) is 7.87. The van der Waals surface area contributed by atoms with Crippen LogP contribution < -0.4 is 15.0 Å². The molecule has 3 aromatic rings. The second-order valence-electron chi connectivity index (χ2n) is 6.13. The predicted molar refractivity (Wildman–Crippen MR) is 107 cm³/mol. The van der Waals surface area contributed by atoms with Gasteiger partial charge in [0.05, 0.1) is 7.11 Å². The van der Waals surface area contributed by atoms with Crippen molar-refractivity contribution < 1.29 is 4.74 Å². The van der Waals surface area contributed by atoms with Gasteiger partial charge in [0.25, 0.3) is 0 Å². The van der Waals surface area contributed by atoms with E-state index in [4.69, 9.17) is 9.72 Å². The minimum absolute atomic E-state index is 0.580. The third-order valence-corrected chi connectivity index (χ3v) is 4.09. The van der Waals surface area contributed by atoms with Crippen LogP contribution in [0.15, 0.2) is 54.6 Å². The number of nitrogens with one attached hydrogen (secondary N) is 1. The Bertz CT molecular complexity index is 877. The van der Waals surface area contributed by atoms with E-state index in [9.17, 15) is 0 Å². The van der Waals surface area contributed by atoms with Gasteiger partial charge in [0.1, 0.15) is 11.6 Å². The highest BCUT2D eigenvalue weighted by molar-refractivity contribution is 5.63. The van der Waals surface area contributed by atoms with Crippen LogP contribution in [0.2, 0.25) is 0 Å². The highest BCUT2D eigenvalue weighted by Gasteiger charge is 2.12. The fourth-order valence-electron chi connectivity index (χ4n) is 2.82. The second-order valence-corrected chi connectivity index (χ2v) is 6.13. The third-order valence-electron chi connectivity index (χ3n) is 4.09. The van der Waals surface area contributed by atoms with Crippen molar-refractivity contribution in [2.75, 3.05) is 23.9 Å². The Hall–Kier alpha value is -3.08. The minimum Gasteiger partial charge on any atom is -0.497 e. The molecule has 0 saturated carbocycles. The van der Waals surface area contributed by atoms with Crippen LogP contribution in [0, 0.1) is 13.8 Å². The maximum atomic E-state index is 5.20. The van der Waals surface area contributed by atoms with E-state index in [1.165, 1.54) is 5.56 Å². The van der Waals surface area contributed by atoms with Gasteiger partial charge in [-0.3, -0.25) is 0 Å². The molecule has 134 valence electrons. The highest BCUT2D eigenvalue weighted by Crippen LogP contribution is 2.26. The predicted octanol–water partition coefficient (Wildman–Crippen LogP) is 5.00. The van der Waals surface area contributed by atoms with Crippen LogP contribution in [0.3, 0.4) is 0 Å². The Morgan fingerprint density at radius 2 is 1.77 bits per heavy atom. The molecule has 1 heterocycles. The van der Waals surface area contributed by atoms with Crippen molar-refractivity contribution in [2.24, 2.45) is 0 Å². The normalized spacial score (nSPS) is 10.5. The zero-order valence-electron chi connectivity index (χ0n) is 15.7. The molecule has 1 aromatic heterocycles. The van der Waals surface area contributed by atoms with Crippen LogP contribution in [-0.4, -0.2) is 23.6 Å². The molecule has 3 rings (SSSR count). The van der Waals surface area contributed by atoms with E-state index in [1.54, 1.807) is 7.11 Å². The highest BCUT2D eigenvalue weighted by atomic mass is 16.5. The van der Waals surface area contributed by atoms with E-state index in [-0.39, 0.29) is 0 Å². The van der Waals surface area contributed by atoms with Gasteiger partial charge < -0.3 is 15.0 Å². The number of aryl methyl sites for hydroxylation is 2. The monoisotopic (exact) mass is 348 g/mol. The first kappa shape index (κ1) is 17.7. The lowest BCUT2D eigenvalue weighted by atomic mass is 10.2. The molecule has 0 spiro atoms. The molecule has 26 heavy (non-hydrogen) atoms. The number of benzene rings is 2. The van der Waals surface area contributed by atoms with E-state index in [1.807, 2.05) is 37.3 Å². The van der Waals surface area contributed by atoms with Crippen LogP contribution >= 0.6 is 0 Å². The number of aromatic nitrogens is 2. The molecule has 0 atom stereocenters. The molecule has 0 aliphatic carbocycles. The summed E-state index contributed by atoms with van der Waals surface area (Å²) < 4.78 is 5.20. The van der Waals surface area contributed by atoms with E-state index in [0.29, 0.717) is 5.95 Å². The van der Waals surface area contributed by atoms with Gasteiger partial charge in [-0.2, -0.15) is 4.98 Å². The van der Waals surface area contributed by atoms with Crippen molar-refractivity contribution >= 4 is 23.1 Å². The summed E-state index contributed by atoms with van der Waals surface area (Å²) in [6.07, 6.45) is 0. The molecular weight excluding hydrogens is 324 g/mol. The number of rotatable bonds is 6. The Morgan fingerprint density at radius 1 is 1.00 bits per heavy atom. The van der Waals surface area contributed by atoms with Gasteiger partial charge >= 0.3 is 0 Å². The third kappa shape index (κ3) is 4.11. The first-order chi connectivity index (χ1) is 12.6. The summed E-state index contributed by atoms with van der Waals surface area (Å²) in [6.45, 7) is 7.02. The first-order valence-corrected chi connectivity index (χ1v) is 8.70. The number of nitrogens with zero attached hydrogens (tertiary/aromatic N) is 3. The summed E-state index contributed by atoms with van der Waals surface area (Å²) in [5, 5.41) is 3.27. The Balaban J connectivity index is 1.90. The number of hydrogen-bond acceptors (Lipinski definition) is 5. The molecule has 5 heteroatoms. The fourth-order valence-corrected chi connectivity index (χ4v) is 2.82. The molecular formula is C21H24N4O. The summed E-state index contributed by atoms with van der Waals surface area (Å²) in [5.41, 5.74) is 4.18. The van der Waals surface area contributed by atoms with E-state index in [0.717, 1.165) is 35.2 Å². The zero-order valence-corrected chi connectivity index (χ0v) is 15.7. The number of ether oxygens (including phenoxy) is 1. The lowest BCUT2D eigenvalue weighted by Gasteiger charge is -2.23. The van der Waals surface area contributed by atoms with Crippen LogP contribution in [0.4, 0.5) is 23.1 Å². The van der Waals surface area contributed by atoms with Gasteiger partial charge in [0.15, 0.2) is 0 Å². The average Bonchev–Trinajstić information content (AvgIpc) is 2.63. The zero-order chi connectivity index (χ0) is 18.5. The van der Waals surface area contributed by atoms with Crippen LogP contribution in [-0.2, 0) is 0 Å². The summed E-state index contributed by atoms with van der Waals surface area (Å²) in [4.78, 5) is 11.4. The SMILES string of the molecule is CCN(c1cccc(C)c1)c1cc(C)nc(Nc2ccc(OC)cc2)n1. The Morgan fingerprint density at radius 3 is 2.42 bits per heavy atom. The smallest absolute Gasteiger partial charge is 0.229 e. The van der Waals surface area contributed by atoms with Gasteiger partial charge in [-0.15, -0.1) is 0 Å². The molecule has 0 aliphatic heterocycles. The van der Waals surface area contributed by atoms with Crippen molar-refractivity contribution in [2.45, 2.75) is 20.8 Å². The molecule has 1 N–H and O–H groups in total. The van der Waals surface area contributed by atoms with E-state index < -0.39 is 0 Å². The van der Waals surface area contributed by atoms with E-state index in [2.05, 4.69) is 53.3 Å². The largest absolute Gasteiger partial charge is 0.497 e. The molecule has 0 saturated heterocycles. The van der Waals surface area contributed by atoms with Crippen molar-refractivity contribution in [3.05, 3.63) is 65.9 Å². The molecule has 0 bridgehead atoms. The summed E-state index contributed by atoms with van der Waals surface area (Å²) in [6, 6.07) is 18.1. The van der Waals surface area contributed by atoms with Crippen molar-refractivity contribution in [1.82, 2.24) is 9.97 Å². The fraction of sp³-hybridized carbons (Fsp3) is 0.238. The van der Waals surface area contributed by atoms with Gasteiger partial charge in [0.2, 0.25) is 5.95 Å². The quantitative estimate of drug-likeness (QED) is 0.679. The Kier molecular flexibility index (Phi) is 5.37. The molecule has 0 unspecified atom stereocenters. The van der Waals surface area contributed by atoms with Crippen molar-refractivity contribution in [1.29, 1.82) is 0 Å². The summed E-state index contributed by atoms with van der Waals surface area (Å²) >= 11 is 0. The first-order valence-electron chi connectivity index (χ1n) is 8.70. The summed E-state index contributed by atoms with van der Waals surface area (Å²) in [5.74, 6) is 2.27. The molecule has 0 radical (unpaired) electrons. The maximum Gasteiger partial charge on any atom is 0.229 e. The maximum absolute atomic E-state index is 5.20. The molecule has 0 aliphatic rings. The number of methoxy groups -OCH3 is 1. The Labute approximate surface area is 154 Å². The molecule has 0 fully saturated rings. The van der Waals surface area contributed by atoms with Gasteiger partial charge in [-0.05, 0) is 62.7 Å². The topological polar surface area (TPSA) is 50.3 Å². The molecule has 0 amide bonds. The molecule has 5 nitrogen and oxygen atoms in total. The van der Waals surface area contributed by atoms with Gasteiger partial charge in [-0.1, -0.05) is 12.1 Å². The summed E-state index contributed by atoms with van der Waals surface area (Å²) in [7, 11) is 1.66. The minimum atomic E-state index is 0.580. The molecule has 2 aromatic carbocycles. The number of hydrogen-bond donors (Lipinski definition) is 1. The van der Waals surface area contributed by atoms with Crippen LogP contribution in [0.1, 0.15) is 18.2 Å². The van der Waals surface area contributed by atoms with E-state index >= 15 is 0 Å².